The maximum atomic E-state index is 12.8. The molecule has 3 rings (SSSR count). The average molecular weight is 403 g/mol. The molecule has 0 saturated carbocycles. The molecule has 0 amide bonds. The number of non-ortho nitro benzene ring substituents is 1. The zero-order valence-corrected chi connectivity index (χ0v) is 17.4. The molecular weight excluding hydrogens is 382 g/mol. The Bertz CT molecular complexity index is 1250. The van der Waals surface area contributed by atoms with Crippen LogP contribution in [-0.4, -0.2) is 25.2 Å². The van der Waals surface area contributed by atoms with Crippen molar-refractivity contribution >= 4 is 17.7 Å². The van der Waals surface area contributed by atoms with Gasteiger partial charge in [-0.2, -0.15) is 10.4 Å². The SMILES string of the molecule is Cc1cc(C)n(C(=O)/C(C#N)=C/c2cc(C)n(-c3cc([N+](=O)[O-])ccc3C)c2C)n1. The second kappa shape index (κ2) is 7.79. The highest BCUT2D eigenvalue weighted by Gasteiger charge is 2.19. The lowest BCUT2D eigenvalue weighted by molar-refractivity contribution is -0.384. The van der Waals surface area contributed by atoms with E-state index in [2.05, 4.69) is 5.10 Å². The molecule has 0 unspecified atom stereocenters. The highest BCUT2D eigenvalue weighted by molar-refractivity contribution is 6.03. The number of carbonyl (C=O) groups is 1. The van der Waals surface area contributed by atoms with Crippen LogP contribution in [-0.2, 0) is 0 Å². The number of hydrogen-bond acceptors (Lipinski definition) is 5. The summed E-state index contributed by atoms with van der Waals surface area (Å²) in [5, 5.41) is 24.9. The fraction of sp³-hybridized carbons (Fsp3) is 0.227. The van der Waals surface area contributed by atoms with Crippen LogP contribution in [0.1, 0.15) is 38.7 Å². The third-order valence-electron chi connectivity index (χ3n) is 4.97. The van der Waals surface area contributed by atoms with Crippen molar-refractivity contribution in [3.8, 4) is 11.8 Å². The van der Waals surface area contributed by atoms with Crippen LogP contribution >= 0.6 is 0 Å². The lowest BCUT2D eigenvalue weighted by Gasteiger charge is -2.12. The minimum absolute atomic E-state index is 0.00221. The van der Waals surface area contributed by atoms with Crippen LogP contribution in [0.2, 0.25) is 0 Å². The lowest BCUT2D eigenvalue weighted by Crippen LogP contribution is -2.15. The van der Waals surface area contributed by atoms with Crippen molar-refractivity contribution in [1.82, 2.24) is 14.3 Å². The molecule has 8 heteroatoms. The first-order chi connectivity index (χ1) is 14.1. The van der Waals surface area contributed by atoms with Crippen LogP contribution in [0.15, 0.2) is 35.9 Å². The molecular formula is C22H21N5O3. The molecule has 2 aromatic heterocycles. The molecule has 30 heavy (non-hydrogen) atoms. The van der Waals surface area contributed by atoms with Crippen molar-refractivity contribution in [1.29, 1.82) is 5.26 Å². The van der Waals surface area contributed by atoms with Crippen molar-refractivity contribution in [2.45, 2.75) is 34.6 Å². The molecule has 0 aliphatic rings. The van der Waals surface area contributed by atoms with Gasteiger partial charge in [0.2, 0.25) is 0 Å². The van der Waals surface area contributed by atoms with Crippen molar-refractivity contribution < 1.29 is 9.72 Å². The Labute approximate surface area is 173 Å². The van der Waals surface area contributed by atoms with E-state index in [1.807, 2.05) is 37.5 Å². The van der Waals surface area contributed by atoms with Crippen LogP contribution in [0.5, 0.6) is 0 Å². The number of aromatic nitrogens is 3. The summed E-state index contributed by atoms with van der Waals surface area (Å²) < 4.78 is 3.10. The molecule has 1 aromatic carbocycles. The van der Waals surface area contributed by atoms with E-state index in [-0.39, 0.29) is 11.3 Å². The molecule has 3 aromatic rings. The normalized spacial score (nSPS) is 11.4. The maximum Gasteiger partial charge on any atom is 0.289 e. The predicted octanol–water partition coefficient (Wildman–Crippen LogP) is 4.37. The highest BCUT2D eigenvalue weighted by Crippen LogP contribution is 2.28. The highest BCUT2D eigenvalue weighted by atomic mass is 16.6. The third kappa shape index (κ3) is 3.65. The van der Waals surface area contributed by atoms with Gasteiger partial charge >= 0.3 is 0 Å². The monoisotopic (exact) mass is 403 g/mol. The maximum absolute atomic E-state index is 12.8. The summed E-state index contributed by atoms with van der Waals surface area (Å²) in [4.78, 5) is 23.6. The molecule has 0 aliphatic carbocycles. The molecule has 152 valence electrons. The quantitative estimate of drug-likeness (QED) is 0.278. The van der Waals surface area contributed by atoms with E-state index in [0.29, 0.717) is 22.6 Å². The number of nitro benzene ring substituents is 1. The minimum atomic E-state index is -0.501. The van der Waals surface area contributed by atoms with E-state index in [4.69, 9.17) is 0 Å². The van der Waals surface area contributed by atoms with Gasteiger partial charge in [0.05, 0.1) is 16.3 Å². The zero-order valence-electron chi connectivity index (χ0n) is 17.4. The van der Waals surface area contributed by atoms with Crippen molar-refractivity contribution in [3.63, 3.8) is 0 Å². The van der Waals surface area contributed by atoms with E-state index in [0.717, 1.165) is 17.0 Å². The topological polar surface area (TPSA) is 107 Å². The van der Waals surface area contributed by atoms with E-state index >= 15 is 0 Å². The first-order valence-corrected chi connectivity index (χ1v) is 9.28. The second-order valence-electron chi connectivity index (χ2n) is 7.20. The molecule has 0 fully saturated rings. The van der Waals surface area contributed by atoms with Crippen molar-refractivity contribution in [3.05, 3.63) is 79.9 Å². The van der Waals surface area contributed by atoms with Gasteiger partial charge in [-0.25, -0.2) is 4.68 Å². The number of allylic oxidation sites excluding steroid dienone is 1. The number of rotatable bonds is 4. The van der Waals surface area contributed by atoms with E-state index < -0.39 is 10.8 Å². The number of hydrogen-bond donors (Lipinski definition) is 0. The summed E-state index contributed by atoms with van der Waals surface area (Å²) in [6, 6.07) is 10.3. The van der Waals surface area contributed by atoms with Crippen LogP contribution in [0.4, 0.5) is 5.69 Å². The van der Waals surface area contributed by atoms with E-state index in [1.54, 1.807) is 26.0 Å². The molecule has 0 saturated heterocycles. The first kappa shape index (κ1) is 20.7. The molecule has 0 N–H and O–H groups in total. The standard InChI is InChI=1S/C22H21N5O3/c1-13-6-7-20(27(29)30)11-21(13)25-15(3)9-18(17(25)5)10-19(12-23)22(28)26-16(4)8-14(2)24-26/h6-11H,1-5H3/b19-10+. The fourth-order valence-electron chi connectivity index (χ4n) is 3.50. The van der Waals surface area contributed by atoms with Gasteiger partial charge in [-0.1, -0.05) is 6.07 Å². The van der Waals surface area contributed by atoms with Gasteiger partial charge in [-0.3, -0.25) is 14.9 Å². The van der Waals surface area contributed by atoms with Crippen LogP contribution in [0.3, 0.4) is 0 Å². The summed E-state index contributed by atoms with van der Waals surface area (Å²) in [6.07, 6.45) is 1.53. The smallest absolute Gasteiger partial charge is 0.289 e. The molecule has 0 atom stereocenters. The number of nitro groups is 1. The van der Waals surface area contributed by atoms with Gasteiger partial charge in [0.15, 0.2) is 0 Å². The number of benzene rings is 1. The summed E-state index contributed by atoms with van der Waals surface area (Å²) in [5.41, 5.74) is 5.14. The van der Waals surface area contributed by atoms with Gasteiger partial charge in [0.1, 0.15) is 11.6 Å². The van der Waals surface area contributed by atoms with Crippen molar-refractivity contribution in [2.75, 3.05) is 0 Å². The molecule has 2 heterocycles. The predicted molar refractivity (Wildman–Crippen MR) is 113 cm³/mol. The number of nitriles is 1. The van der Waals surface area contributed by atoms with E-state index in [1.165, 1.54) is 22.9 Å². The average Bonchev–Trinajstić information content (AvgIpc) is 3.17. The summed E-state index contributed by atoms with van der Waals surface area (Å²) in [5.74, 6) is -0.501. The Morgan fingerprint density at radius 1 is 1.13 bits per heavy atom. The Morgan fingerprint density at radius 2 is 1.83 bits per heavy atom. The third-order valence-corrected chi connectivity index (χ3v) is 4.97. The Hall–Kier alpha value is -3.99. The van der Waals surface area contributed by atoms with E-state index in [9.17, 15) is 20.2 Å². The summed E-state index contributed by atoms with van der Waals surface area (Å²) >= 11 is 0. The Kier molecular flexibility index (Phi) is 5.39. The van der Waals surface area contributed by atoms with Gasteiger partial charge < -0.3 is 4.57 Å². The van der Waals surface area contributed by atoms with Gasteiger partial charge in [-0.05, 0) is 64.0 Å². The summed E-state index contributed by atoms with van der Waals surface area (Å²) in [6.45, 7) is 9.13. The molecule has 0 spiro atoms. The molecule has 0 bridgehead atoms. The number of carbonyl (C=O) groups excluding carboxylic acids is 1. The Balaban J connectivity index is 2.11. The molecule has 0 aliphatic heterocycles. The van der Waals surface area contributed by atoms with Crippen molar-refractivity contribution in [2.24, 2.45) is 0 Å². The largest absolute Gasteiger partial charge is 0.317 e. The fourth-order valence-corrected chi connectivity index (χ4v) is 3.50. The van der Waals surface area contributed by atoms with Crippen LogP contribution in [0, 0.1) is 56.1 Å². The lowest BCUT2D eigenvalue weighted by atomic mass is 10.1. The first-order valence-electron chi connectivity index (χ1n) is 9.28. The van der Waals surface area contributed by atoms with Gasteiger partial charge in [0, 0.05) is 29.2 Å². The number of aryl methyl sites for hydroxylation is 4. The molecule has 8 nitrogen and oxygen atoms in total. The van der Waals surface area contributed by atoms with Gasteiger partial charge in [-0.15, -0.1) is 0 Å². The molecule has 0 radical (unpaired) electrons. The minimum Gasteiger partial charge on any atom is -0.317 e. The van der Waals surface area contributed by atoms with Gasteiger partial charge in [0.25, 0.3) is 11.6 Å². The van der Waals surface area contributed by atoms with Crippen LogP contribution < -0.4 is 0 Å². The Morgan fingerprint density at radius 3 is 2.40 bits per heavy atom. The second-order valence-corrected chi connectivity index (χ2v) is 7.20. The zero-order chi connectivity index (χ0) is 22.2. The number of nitrogens with zero attached hydrogens (tertiary/aromatic N) is 5. The summed E-state index contributed by atoms with van der Waals surface area (Å²) in [7, 11) is 0. The van der Waals surface area contributed by atoms with Crippen LogP contribution in [0.25, 0.3) is 11.8 Å².